The topological polar surface area (TPSA) is 53.6 Å². The van der Waals surface area contributed by atoms with Gasteiger partial charge in [-0.1, -0.05) is 6.92 Å². The van der Waals surface area contributed by atoms with Gasteiger partial charge in [0.2, 0.25) is 0 Å². The third-order valence-electron chi connectivity index (χ3n) is 4.89. The fourth-order valence-electron chi connectivity index (χ4n) is 3.14. The van der Waals surface area contributed by atoms with Gasteiger partial charge in [-0.05, 0) is 73.2 Å². The van der Waals surface area contributed by atoms with Gasteiger partial charge in [0.15, 0.2) is 0 Å². The molecule has 1 amide bonds. The van der Waals surface area contributed by atoms with E-state index in [1.165, 1.54) is 26.2 Å². The summed E-state index contributed by atoms with van der Waals surface area (Å²) in [5.74, 6) is 0. The van der Waals surface area contributed by atoms with Crippen LogP contribution in [0.5, 0.6) is 0 Å². The molecule has 3 rings (SSSR count). The van der Waals surface area contributed by atoms with Gasteiger partial charge in [-0.3, -0.25) is 5.32 Å². The number of rotatable bonds is 7. The molecule has 0 spiro atoms. The number of hydrogen-bond acceptors (Lipinski definition) is 5. The maximum Gasteiger partial charge on any atom is 0.411 e. The zero-order chi connectivity index (χ0) is 21.0. The molecule has 0 saturated heterocycles. The minimum atomic E-state index is -0.409. The largest absolute Gasteiger partial charge is 0.449 e. The molecule has 2 aromatic carbocycles. The lowest BCUT2D eigenvalue weighted by atomic mass is 10.1. The Morgan fingerprint density at radius 1 is 1.14 bits per heavy atom. The molecule has 29 heavy (non-hydrogen) atoms. The Morgan fingerprint density at radius 2 is 1.93 bits per heavy atom. The van der Waals surface area contributed by atoms with Crippen molar-refractivity contribution in [1.29, 1.82) is 0 Å². The number of nitrogens with zero attached hydrogens (tertiary/aromatic N) is 1. The van der Waals surface area contributed by atoms with Crippen molar-refractivity contribution in [3.05, 3.63) is 52.4 Å². The average molecular weight is 412 g/mol. The van der Waals surface area contributed by atoms with Crippen molar-refractivity contribution in [2.24, 2.45) is 0 Å². The number of nitrogens with one attached hydrogen (secondary N) is 2. The lowest BCUT2D eigenvalue weighted by Gasteiger charge is -2.12. The number of carbonyl (C=O) groups is 1. The number of fused-ring (bicyclic) bond motifs is 1. The maximum absolute atomic E-state index is 11.8. The van der Waals surface area contributed by atoms with Crippen LogP contribution in [-0.2, 0) is 11.3 Å². The summed E-state index contributed by atoms with van der Waals surface area (Å²) in [5, 5.41) is 7.63. The molecule has 5 nitrogen and oxygen atoms in total. The lowest BCUT2D eigenvalue weighted by molar-refractivity contribution is 0.161. The third kappa shape index (κ3) is 5.01. The van der Waals surface area contributed by atoms with Crippen molar-refractivity contribution < 1.29 is 9.53 Å². The van der Waals surface area contributed by atoms with Crippen molar-refractivity contribution in [1.82, 2.24) is 0 Å². The molecule has 154 valence electrons. The van der Waals surface area contributed by atoms with Gasteiger partial charge in [0, 0.05) is 47.3 Å². The summed E-state index contributed by atoms with van der Waals surface area (Å²) >= 11 is 1.83. The van der Waals surface area contributed by atoms with Crippen molar-refractivity contribution in [3.63, 3.8) is 0 Å². The summed E-state index contributed by atoms with van der Waals surface area (Å²) in [5.41, 5.74) is 5.34. The molecule has 0 radical (unpaired) electrons. The molecule has 0 atom stereocenters. The van der Waals surface area contributed by atoms with E-state index in [-0.39, 0.29) is 0 Å². The number of amides is 1. The summed E-state index contributed by atoms with van der Waals surface area (Å²) < 4.78 is 6.39. The van der Waals surface area contributed by atoms with Crippen molar-refractivity contribution >= 4 is 44.6 Å². The average Bonchev–Trinajstić information content (AvgIpc) is 3.01. The van der Waals surface area contributed by atoms with Gasteiger partial charge < -0.3 is 15.0 Å². The number of anilines is 3. The molecule has 6 heteroatoms. The molecule has 1 aromatic heterocycles. The first-order valence-corrected chi connectivity index (χ1v) is 10.7. The smallest absolute Gasteiger partial charge is 0.411 e. The highest BCUT2D eigenvalue weighted by atomic mass is 32.1. The number of carbonyl (C=O) groups excluding carboxylic acids is 1. The zero-order valence-electron chi connectivity index (χ0n) is 17.8. The third-order valence-corrected chi connectivity index (χ3v) is 6.16. The zero-order valence-corrected chi connectivity index (χ0v) is 18.6. The molecule has 0 aliphatic carbocycles. The molecule has 0 aliphatic rings. The first-order valence-electron chi connectivity index (χ1n) is 9.86. The molecular weight excluding hydrogens is 382 g/mol. The highest BCUT2D eigenvalue weighted by molar-refractivity contribution is 7.19. The lowest BCUT2D eigenvalue weighted by Crippen LogP contribution is -2.14. The van der Waals surface area contributed by atoms with Crippen LogP contribution in [0.1, 0.15) is 29.3 Å². The van der Waals surface area contributed by atoms with Crippen molar-refractivity contribution in [2.75, 3.05) is 36.2 Å². The Balaban J connectivity index is 1.69. The molecule has 3 aromatic rings. The van der Waals surface area contributed by atoms with Crippen LogP contribution in [0, 0.1) is 13.8 Å². The molecule has 0 saturated carbocycles. The van der Waals surface area contributed by atoms with Crippen LogP contribution in [0.3, 0.4) is 0 Å². The molecule has 0 fully saturated rings. The second kappa shape index (κ2) is 9.18. The first kappa shape index (κ1) is 21.0. The normalized spacial score (nSPS) is 10.8. The Hall–Kier alpha value is -2.73. The summed E-state index contributed by atoms with van der Waals surface area (Å²) in [6.07, 6.45) is 0.400. The number of benzene rings is 2. The van der Waals surface area contributed by atoms with Crippen molar-refractivity contribution in [3.8, 4) is 0 Å². The van der Waals surface area contributed by atoms with Gasteiger partial charge >= 0.3 is 6.09 Å². The fraction of sp³-hybridized carbons (Fsp3) is 0.348. The van der Waals surface area contributed by atoms with E-state index in [0.717, 1.165) is 29.9 Å². The van der Waals surface area contributed by atoms with E-state index in [0.29, 0.717) is 6.61 Å². The summed E-state index contributed by atoms with van der Waals surface area (Å²) in [7, 11) is 4.13. The van der Waals surface area contributed by atoms with Gasteiger partial charge in [-0.25, -0.2) is 4.79 Å². The maximum atomic E-state index is 11.8. The Kier molecular flexibility index (Phi) is 6.64. The van der Waals surface area contributed by atoms with E-state index in [9.17, 15) is 4.79 Å². The fourth-order valence-corrected chi connectivity index (χ4v) is 4.27. The molecule has 2 N–H and O–H groups in total. The van der Waals surface area contributed by atoms with Crippen LogP contribution in [0.4, 0.5) is 21.9 Å². The van der Waals surface area contributed by atoms with E-state index < -0.39 is 6.09 Å². The van der Waals surface area contributed by atoms with E-state index in [4.69, 9.17) is 4.74 Å². The molecular formula is C23H29N3O2S. The molecule has 0 bridgehead atoms. The van der Waals surface area contributed by atoms with Gasteiger partial charge in [0.1, 0.15) is 0 Å². The van der Waals surface area contributed by atoms with Crippen LogP contribution in [0.2, 0.25) is 0 Å². The van der Waals surface area contributed by atoms with E-state index >= 15 is 0 Å². The van der Waals surface area contributed by atoms with Crippen LogP contribution >= 0.6 is 11.3 Å². The van der Waals surface area contributed by atoms with Crippen molar-refractivity contribution in [2.45, 2.75) is 33.7 Å². The molecule has 1 heterocycles. The number of ether oxygens (including phenoxy) is 1. The van der Waals surface area contributed by atoms with Crippen LogP contribution in [0.25, 0.3) is 10.1 Å². The van der Waals surface area contributed by atoms with Gasteiger partial charge in [-0.15, -0.1) is 11.3 Å². The second-order valence-corrected chi connectivity index (χ2v) is 8.51. The van der Waals surface area contributed by atoms with Gasteiger partial charge in [-0.2, -0.15) is 0 Å². The Morgan fingerprint density at radius 3 is 2.62 bits per heavy atom. The van der Waals surface area contributed by atoms with E-state index in [1.807, 2.05) is 43.4 Å². The molecule has 0 unspecified atom stereocenters. The van der Waals surface area contributed by atoms with Gasteiger partial charge in [0.05, 0.1) is 6.61 Å². The summed E-state index contributed by atoms with van der Waals surface area (Å²) in [4.78, 5) is 15.2. The van der Waals surface area contributed by atoms with E-state index in [2.05, 4.69) is 54.8 Å². The second-order valence-electron chi connectivity index (χ2n) is 7.37. The minimum absolute atomic E-state index is 0.409. The summed E-state index contributed by atoms with van der Waals surface area (Å²) in [6, 6.07) is 12.6. The standard InChI is InChI=1S/C23H29N3O2S/c1-6-11-28-23(27)25-20-9-7-17(12-15(20)2)24-14-22-16(3)19-13-18(26(4)5)8-10-21(19)29-22/h7-10,12-13,24H,6,11,14H2,1-5H3,(H,25,27). The number of hydrogen-bond donors (Lipinski definition) is 2. The minimum Gasteiger partial charge on any atom is -0.449 e. The quantitative estimate of drug-likeness (QED) is 0.489. The first-order chi connectivity index (χ1) is 13.9. The predicted molar refractivity (Wildman–Crippen MR) is 125 cm³/mol. The SMILES string of the molecule is CCCOC(=O)Nc1ccc(NCc2sc3ccc(N(C)C)cc3c2C)cc1C. The van der Waals surface area contributed by atoms with E-state index in [1.54, 1.807) is 0 Å². The van der Waals surface area contributed by atoms with Crippen LogP contribution < -0.4 is 15.5 Å². The van der Waals surface area contributed by atoms with Crippen LogP contribution in [-0.4, -0.2) is 26.8 Å². The highest BCUT2D eigenvalue weighted by Gasteiger charge is 2.11. The van der Waals surface area contributed by atoms with Crippen LogP contribution in [0.15, 0.2) is 36.4 Å². The monoisotopic (exact) mass is 411 g/mol. The Bertz CT molecular complexity index is 1010. The van der Waals surface area contributed by atoms with Gasteiger partial charge in [0.25, 0.3) is 0 Å². The number of aryl methyl sites for hydroxylation is 2. The Labute approximate surface area is 176 Å². The molecule has 0 aliphatic heterocycles. The predicted octanol–water partition coefficient (Wildman–Crippen LogP) is 6.15. The number of thiophene rings is 1. The highest BCUT2D eigenvalue weighted by Crippen LogP contribution is 2.34. The summed E-state index contributed by atoms with van der Waals surface area (Å²) in [6.45, 7) is 7.34.